The van der Waals surface area contributed by atoms with Gasteiger partial charge in [0.1, 0.15) is 36.4 Å². The summed E-state index contributed by atoms with van der Waals surface area (Å²) in [5, 5.41) is 65.9. The van der Waals surface area contributed by atoms with Gasteiger partial charge in [-0.25, -0.2) is 9.97 Å². The second-order valence-corrected chi connectivity index (χ2v) is 9.16. The molecular weight excluding hydrogens is 702 g/mol. The fourth-order valence-corrected chi connectivity index (χ4v) is 4.64. The van der Waals surface area contributed by atoms with Crippen molar-refractivity contribution < 1.29 is 52.7 Å². The van der Waals surface area contributed by atoms with Crippen LogP contribution in [0.15, 0.2) is 18.5 Å². The molecule has 0 aliphatic rings. The summed E-state index contributed by atoms with van der Waals surface area (Å²) in [6.07, 6.45) is -24.0. The molecule has 3 aromatic rings. The van der Waals surface area contributed by atoms with Crippen molar-refractivity contribution in [2.24, 2.45) is 0 Å². The number of pyridine rings is 2. The molecule has 0 saturated heterocycles. The smallest absolute Gasteiger partial charge is 0.250 e. The first-order chi connectivity index (χ1) is 23.1. The van der Waals surface area contributed by atoms with Gasteiger partial charge in [-0.05, 0) is 6.07 Å². The summed E-state index contributed by atoms with van der Waals surface area (Å²) in [6.45, 7) is 0. The van der Waals surface area contributed by atoms with E-state index in [0.29, 0.717) is 0 Å². The van der Waals surface area contributed by atoms with Crippen molar-refractivity contribution in [2.75, 3.05) is 0 Å². The van der Waals surface area contributed by atoms with Gasteiger partial charge in [-0.3, -0.25) is 0 Å². The number of nitriles is 7. The van der Waals surface area contributed by atoms with Gasteiger partial charge in [0.05, 0.1) is 56.2 Å². The minimum absolute atomic E-state index is 0.0209. The highest BCUT2D eigenvalue weighted by Crippen LogP contribution is 2.45. The van der Waals surface area contributed by atoms with Crippen molar-refractivity contribution in [3.05, 3.63) is 90.4 Å². The third-order valence-corrected chi connectivity index (χ3v) is 6.42. The van der Waals surface area contributed by atoms with E-state index in [2.05, 4.69) is 9.97 Å². The Balaban J connectivity index is 2.93. The summed E-state index contributed by atoms with van der Waals surface area (Å²) in [5.74, 6) is 0. The van der Waals surface area contributed by atoms with E-state index >= 15 is 0 Å². The Hall–Kier alpha value is -7.15. The summed E-state index contributed by atoms with van der Waals surface area (Å²) in [7, 11) is 0. The van der Waals surface area contributed by atoms with E-state index < -0.39 is 108 Å². The van der Waals surface area contributed by atoms with Gasteiger partial charge in [-0.15, -0.1) is 0 Å². The second-order valence-electron chi connectivity index (χ2n) is 9.16. The Bertz CT molecular complexity index is 2400. The van der Waals surface area contributed by atoms with Gasteiger partial charge < -0.3 is 0 Å². The minimum atomic E-state index is -6.07. The standard InChI is InChI=1S/C29H3F12N9/c30-26(31,32)22-20(12(3-43)9-49-24(22)28(36,37)38)16(6-46)14-1-11(2-42)19(17(7-47)15(14)5-45)18(8-48)21-13(4-44)10-50-25(29(39,40)41)23(21)27(33,34)35/h1,9-10H/b16-14+,19-18+. The molecule has 9 nitrogen and oxygen atoms in total. The molecular formula is C29H3F12N9. The Morgan fingerprint density at radius 3 is 1.16 bits per heavy atom. The molecule has 2 aromatic heterocycles. The maximum Gasteiger partial charge on any atom is 0.433 e. The minimum Gasteiger partial charge on any atom is -0.250 e. The van der Waals surface area contributed by atoms with Crippen LogP contribution in [0.5, 0.6) is 0 Å². The lowest BCUT2D eigenvalue weighted by Crippen LogP contribution is -2.29. The van der Waals surface area contributed by atoms with Gasteiger partial charge in [0.2, 0.25) is 0 Å². The Labute approximate surface area is 268 Å². The molecule has 0 fully saturated rings. The number of halogens is 12. The zero-order chi connectivity index (χ0) is 38.1. The van der Waals surface area contributed by atoms with Crippen LogP contribution in [0.3, 0.4) is 0 Å². The van der Waals surface area contributed by atoms with E-state index in [9.17, 15) is 89.5 Å². The van der Waals surface area contributed by atoms with Crippen LogP contribution < -0.4 is 10.4 Å². The lowest BCUT2D eigenvalue weighted by atomic mass is 9.87. The first-order valence-electron chi connectivity index (χ1n) is 12.2. The van der Waals surface area contributed by atoms with Gasteiger partial charge in [0, 0.05) is 34.0 Å². The van der Waals surface area contributed by atoms with Gasteiger partial charge in [0.15, 0.2) is 11.4 Å². The molecule has 0 atom stereocenters. The number of nitrogens with zero attached hydrogens (tertiary/aromatic N) is 9. The number of alkyl halides is 12. The molecule has 2 heterocycles. The number of aromatic nitrogens is 2. The first kappa shape index (κ1) is 37.3. The summed E-state index contributed by atoms with van der Waals surface area (Å²) >= 11 is 0. The quantitative estimate of drug-likeness (QED) is 0.316. The van der Waals surface area contributed by atoms with Gasteiger partial charge in [-0.1, -0.05) is 0 Å². The van der Waals surface area contributed by atoms with Gasteiger partial charge >= 0.3 is 24.7 Å². The molecule has 0 saturated carbocycles. The summed E-state index contributed by atoms with van der Waals surface area (Å²) in [6, 6.07) is 7.90. The molecule has 0 amide bonds. The lowest BCUT2D eigenvalue weighted by molar-refractivity contribution is -0.164. The van der Waals surface area contributed by atoms with Crippen LogP contribution in [0, 0.1) is 79.3 Å². The molecule has 0 N–H and O–H groups in total. The van der Waals surface area contributed by atoms with Crippen molar-refractivity contribution in [3.63, 3.8) is 0 Å². The molecule has 3 rings (SSSR count). The van der Waals surface area contributed by atoms with E-state index in [0.717, 1.165) is 36.4 Å². The highest BCUT2D eigenvalue weighted by atomic mass is 19.4. The highest BCUT2D eigenvalue weighted by molar-refractivity contribution is 5.87. The van der Waals surface area contributed by atoms with Crippen LogP contribution in [-0.2, 0) is 24.7 Å². The molecule has 21 heteroatoms. The highest BCUT2D eigenvalue weighted by Gasteiger charge is 2.49. The normalized spacial score (nSPS) is 12.9. The van der Waals surface area contributed by atoms with Crippen molar-refractivity contribution >= 4 is 11.1 Å². The summed E-state index contributed by atoms with van der Waals surface area (Å²) in [4.78, 5) is 5.23. The van der Waals surface area contributed by atoms with E-state index in [4.69, 9.17) is 0 Å². The molecule has 0 aliphatic heterocycles. The number of benzene rings is 1. The van der Waals surface area contributed by atoms with E-state index in [1.54, 1.807) is 0 Å². The lowest BCUT2D eigenvalue weighted by Gasteiger charge is -2.20. The topological polar surface area (TPSA) is 192 Å². The van der Waals surface area contributed by atoms with Crippen molar-refractivity contribution in [1.29, 1.82) is 36.8 Å². The third-order valence-electron chi connectivity index (χ3n) is 6.42. The third kappa shape index (κ3) is 6.38. The van der Waals surface area contributed by atoms with Crippen LogP contribution in [-0.4, -0.2) is 9.97 Å². The fraction of sp³-hybridized carbons (Fsp3) is 0.138. The molecule has 0 spiro atoms. The Morgan fingerprint density at radius 1 is 0.480 bits per heavy atom. The predicted octanol–water partition coefficient (Wildman–Crippen LogP) is 5.36. The monoisotopic (exact) mass is 705 g/mol. The zero-order valence-electron chi connectivity index (χ0n) is 23.3. The number of hydrogen-bond acceptors (Lipinski definition) is 9. The molecule has 0 radical (unpaired) electrons. The molecule has 0 unspecified atom stereocenters. The van der Waals surface area contributed by atoms with Crippen LogP contribution in [0.25, 0.3) is 11.1 Å². The van der Waals surface area contributed by atoms with Crippen molar-refractivity contribution in [1.82, 2.24) is 9.97 Å². The van der Waals surface area contributed by atoms with Crippen LogP contribution in [0.2, 0.25) is 0 Å². The van der Waals surface area contributed by atoms with Crippen molar-refractivity contribution in [3.8, 4) is 42.5 Å². The van der Waals surface area contributed by atoms with Crippen LogP contribution >= 0.6 is 0 Å². The average molecular weight is 705 g/mol. The predicted molar refractivity (Wildman–Crippen MR) is 134 cm³/mol. The largest absolute Gasteiger partial charge is 0.433 e. The number of rotatable bonds is 2. The van der Waals surface area contributed by atoms with Gasteiger partial charge in [0.25, 0.3) is 0 Å². The summed E-state index contributed by atoms with van der Waals surface area (Å²) in [5.41, 5.74) is -24.8. The van der Waals surface area contributed by atoms with E-state index in [1.165, 1.54) is 6.07 Å². The maximum atomic E-state index is 14.2. The fourth-order valence-electron chi connectivity index (χ4n) is 4.64. The van der Waals surface area contributed by atoms with E-state index in [1.807, 2.05) is 0 Å². The summed E-state index contributed by atoms with van der Waals surface area (Å²) < 4.78 is 167. The second kappa shape index (κ2) is 12.8. The zero-order valence-corrected chi connectivity index (χ0v) is 23.3. The maximum absolute atomic E-state index is 14.2. The molecule has 50 heavy (non-hydrogen) atoms. The van der Waals surface area contributed by atoms with Crippen molar-refractivity contribution in [2.45, 2.75) is 24.7 Å². The number of hydrogen-bond donors (Lipinski definition) is 0. The van der Waals surface area contributed by atoms with Gasteiger partial charge in [-0.2, -0.15) is 89.5 Å². The Kier molecular flexibility index (Phi) is 9.55. The molecule has 248 valence electrons. The molecule has 0 aliphatic carbocycles. The first-order valence-corrected chi connectivity index (χ1v) is 12.2. The average Bonchev–Trinajstić information content (AvgIpc) is 3.02. The Morgan fingerprint density at radius 2 is 0.860 bits per heavy atom. The molecule has 1 aromatic carbocycles. The molecule has 0 bridgehead atoms. The van der Waals surface area contributed by atoms with Crippen LogP contribution in [0.1, 0.15) is 61.5 Å². The van der Waals surface area contributed by atoms with Crippen LogP contribution in [0.4, 0.5) is 52.7 Å². The van der Waals surface area contributed by atoms with E-state index in [-0.39, 0.29) is 18.5 Å². The SMILES string of the molecule is N#C/C(c1c(C#N)cnc(C(F)(F)F)c1C(F)(F)F)=c1/cc(C#N)/c(=C(/C#N)c2c(C#N)cnc(C(F)(F)F)c2C(F)(F)F)c(C#N)c1C#N.